The first-order chi connectivity index (χ1) is 10.3. The smallest absolute Gasteiger partial charge is 0.246 e. The zero-order valence-corrected chi connectivity index (χ0v) is 12.4. The summed E-state index contributed by atoms with van der Waals surface area (Å²) in [7, 11) is 0. The van der Waals surface area contributed by atoms with Gasteiger partial charge >= 0.3 is 0 Å². The molecule has 0 unspecified atom stereocenters. The maximum atomic E-state index is 5.79. The molecule has 0 radical (unpaired) electrons. The highest BCUT2D eigenvalue weighted by molar-refractivity contribution is 5.86. The van der Waals surface area contributed by atoms with E-state index in [0.29, 0.717) is 12.4 Å². The minimum Gasteiger partial charge on any atom is -0.493 e. The van der Waals surface area contributed by atoms with Crippen LogP contribution in [0, 0.1) is 0 Å². The van der Waals surface area contributed by atoms with E-state index in [-0.39, 0.29) is 0 Å². The Kier molecular flexibility index (Phi) is 3.90. The Bertz CT molecular complexity index is 730. The molecule has 5 heteroatoms. The minimum atomic E-state index is 0.577. The predicted octanol–water partition coefficient (Wildman–Crippen LogP) is 3.42. The summed E-state index contributed by atoms with van der Waals surface area (Å²) in [5.41, 5.74) is 1.11. The molecule has 0 saturated carbocycles. The van der Waals surface area contributed by atoms with Gasteiger partial charge in [-0.15, -0.1) is 0 Å². The van der Waals surface area contributed by atoms with Gasteiger partial charge < -0.3 is 13.8 Å². The summed E-state index contributed by atoms with van der Waals surface area (Å²) >= 11 is 0. The highest BCUT2D eigenvalue weighted by Crippen LogP contribution is 2.27. The van der Waals surface area contributed by atoms with Crippen molar-refractivity contribution in [3.8, 4) is 5.75 Å². The Balaban J connectivity index is 1.89. The fourth-order valence-corrected chi connectivity index (χ4v) is 2.31. The van der Waals surface area contributed by atoms with Crippen molar-refractivity contribution in [1.82, 2.24) is 14.7 Å². The highest BCUT2D eigenvalue weighted by Gasteiger charge is 2.10. The molecule has 2 aromatic heterocycles. The van der Waals surface area contributed by atoms with Crippen LogP contribution < -0.4 is 4.74 Å². The SMILES string of the molecule is CCCOc1cccc2c1ccn2Cc1nc(CC)no1. The van der Waals surface area contributed by atoms with E-state index in [1.54, 1.807) is 0 Å². The normalized spacial score (nSPS) is 11.1. The summed E-state index contributed by atoms with van der Waals surface area (Å²) < 4.78 is 13.1. The standard InChI is InChI=1S/C16H19N3O2/c1-3-10-20-14-7-5-6-13-12(14)8-9-19(13)11-16-17-15(4-2)18-21-16/h5-9H,3-4,10-11H2,1-2H3. The van der Waals surface area contributed by atoms with Gasteiger partial charge in [0.05, 0.1) is 12.1 Å². The van der Waals surface area contributed by atoms with Crippen molar-refractivity contribution in [2.75, 3.05) is 6.61 Å². The largest absolute Gasteiger partial charge is 0.493 e. The number of hydrogen-bond donors (Lipinski definition) is 0. The van der Waals surface area contributed by atoms with E-state index in [2.05, 4.69) is 33.8 Å². The van der Waals surface area contributed by atoms with Crippen LogP contribution in [0.25, 0.3) is 10.9 Å². The maximum absolute atomic E-state index is 5.79. The van der Waals surface area contributed by atoms with Gasteiger partial charge in [0.2, 0.25) is 5.89 Å². The predicted molar refractivity (Wildman–Crippen MR) is 80.5 cm³/mol. The van der Waals surface area contributed by atoms with E-state index < -0.39 is 0 Å². The highest BCUT2D eigenvalue weighted by atomic mass is 16.5. The van der Waals surface area contributed by atoms with Crippen LogP contribution in [0.15, 0.2) is 35.0 Å². The number of aryl methyl sites for hydroxylation is 1. The molecule has 0 atom stereocenters. The van der Waals surface area contributed by atoms with Gasteiger partial charge in [-0.05, 0) is 24.6 Å². The monoisotopic (exact) mass is 285 g/mol. The average molecular weight is 285 g/mol. The van der Waals surface area contributed by atoms with Crippen LogP contribution >= 0.6 is 0 Å². The molecule has 0 spiro atoms. The van der Waals surface area contributed by atoms with Crippen LogP contribution in [0.5, 0.6) is 5.75 Å². The van der Waals surface area contributed by atoms with Crippen LogP contribution in [0.2, 0.25) is 0 Å². The van der Waals surface area contributed by atoms with E-state index in [4.69, 9.17) is 9.26 Å². The first kappa shape index (κ1) is 13.7. The number of benzene rings is 1. The molecule has 0 aliphatic carbocycles. The van der Waals surface area contributed by atoms with E-state index >= 15 is 0 Å². The third-order valence-electron chi connectivity index (χ3n) is 3.37. The second-order valence-electron chi connectivity index (χ2n) is 4.94. The molecule has 3 rings (SSSR count). The average Bonchev–Trinajstić information content (AvgIpc) is 3.13. The summed E-state index contributed by atoms with van der Waals surface area (Å²) in [6.07, 6.45) is 3.81. The first-order valence-electron chi connectivity index (χ1n) is 7.34. The molecule has 0 aliphatic rings. The molecule has 1 aromatic carbocycles. The number of hydrogen-bond acceptors (Lipinski definition) is 4. The van der Waals surface area contributed by atoms with Gasteiger partial charge in [-0.1, -0.05) is 25.1 Å². The van der Waals surface area contributed by atoms with E-state index in [1.165, 1.54) is 0 Å². The molecule has 0 amide bonds. The van der Waals surface area contributed by atoms with Crippen molar-refractivity contribution in [2.24, 2.45) is 0 Å². The number of aromatic nitrogens is 3. The van der Waals surface area contributed by atoms with E-state index in [1.807, 2.05) is 25.3 Å². The van der Waals surface area contributed by atoms with Crippen LogP contribution in [-0.4, -0.2) is 21.3 Å². The molecule has 2 heterocycles. The summed E-state index contributed by atoms with van der Waals surface area (Å²) in [6.45, 7) is 5.42. The lowest BCUT2D eigenvalue weighted by Gasteiger charge is -2.07. The van der Waals surface area contributed by atoms with Gasteiger partial charge in [-0.3, -0.25) is 0 Å². The molecule has 0 fully saturated rings. The van der Waals surface area contributed by atoms with Crippen LogP contribution in [0.3, 0.4) is 0 Å². The van der Waals surface area contributed by atoms with Gasteiger partial charge in [-0.2, -0.15) is 4.98 Å². The van der Waals surface area contributed by atoms with E-state index in [9.17, 15) is 0 Å². The molecule has 5 nitrogen and oxygen atoms in total. The van der Waals surface area contributed by atoms with Gasteiger partial charge in [0.25, 0.3) is 0 Å². The maximum Gasteiger partial charge on any atom is 0.246 e. The van der Waals surface area contributed by atoms with Crippen molar-refractivity contribution in [3.63, 3.8) is 0 Å². The topological polar surface area (TPSA) is 53.1 Å². The zero-order valence-electron chi connectivity index (χ0n) is 12.4. The summed E-state index contributed by atoms with van der Waals surface area (Å²) in [5, 5.41) is 5.04. The number of fused-ring (bicyclic) bond motifs is 1. The number of nitrogens with zero attached hydrogens (tertiary/aromatic N) is 3. The second-order valence-corrected chi connectivity index (χ2v) is 4.94. The minimum absolute atomic E-state index is 0.577. The van der Waals surface area contributed by atoms with Gasteiger partial charge in [0.1, 0.15) is 12.3 Å². The molecule has 0 N–H and O–H groups in total. The number of ether oxygens (including phenoxy) is 1. The Labute approximate surface area is 123 Å². The number of rotatable bonds is 6. The molecular formula is C16H19N3O2. The van der Waals surface area contributed by atoms with Gasteiger partial charge in [0, 0.05) is 18.0 Å². The molecule has 110 valence electrons. The third kappa shape index (κ3) is 2.77. The lowest BCUT2D eigenvalue weighted by atomic mass is 10.2. The van der Waals surface area contributed by atoms with Gasteiger partial charge in [0.15, 0.2) is 5.82 Å². The third-order valence-corrected chi connectivity index (χ3v) is 3.37. The molecule has 0 bridgehead atoms. The van der Waals surface area contributed by atoms with Gasteiger partial charge in [-0.25, -0.2) is 0 Å². The Morgan fingerprint density at radius 1 is 1.24 bits per heavy atom. The molecule has 21 heavy (non-hydrogen) atoms. The lowest BCUT2D eigenvalue weighted by molar-refractivity contribution is 0.321. The Morgan fingerprint density at radius 3 is 2.90 bits per heavy atom. The van der Waals surface area contributed by atoms with Crippen molar-refractivity contribution in [1.29, 1.82) is 0 Å². The van der Waals surface area contributed by atoms with Crippen LogP contribution in [-0.2, 0) is 13.0 Å². The lowest BCUT2D eigenvalue weighted by Crippen LogP contribution is -1.99. The molecule has 0 saturated heterocycles. The Hall–Kier alpha value is -2.30. The summed E-state index contributed by atoms with van der Waals surface area (Å²) in [5.74, 6) is 2.30. The second kappa shape index (κ2) is 5.99. The Morgan fingerprint density at radius 2 is 2.14 bits per heavy atom. The van der Waals surface area contributed by atoms with Crippen molar-refractivity contribution < 1.29 is 9.26 Å². The van der Waals surface area contributed by atoms with Crippen LogP contribution in [0.1, 0.15) is 32.0 Å². The molecular weight excluding hydrogens is 266 g/mol. The van der Waals surface area contributed by atoms with Crippen molar-refractivity contribution >= 4 is 10.9 Å². The van der Waals surface area contributed by atoms with E-state index in [0.717, 1.165) is 41.9 Å². The fourth-order valence-electron chi connectivity index (χ4n) is 2.31. The van der Waals surface area contributed by atoms with Crippen molar-refractivity contribution in [3.05, 3.63) is 42.2 Å². The quantitative estimate of drug-likeness (QED) is 0.696. The summed E-state index contributed by atoms with van der Waals surface area (Å²) in [4.78, 5) is 4.35. The summed E-state index contributed by atoms with van der Waals surface area (Å²) in [6, 6.07) is 8.15. The van der Waals surface area contributed by atoms with Crippen LogP contribution in [0.4, 0.5) is 0 Å². The fraction of sp³-hybridized carbons (Fsp3) is 0.375. The zero-order chi connectivity index (χ0) is 14.7. The molecule has 0 aliphatic heterocycles. The first-order valence-corrected chi connectivity index (χ1v) is 7.34. The molecule has 3 aromatic rings. The van der Waals surface area contributed by atoms with Crippen molar-refractivity contribution in [2.45, 2.75) is 33.2 Å².